The van der Waals surface area contributed by atoms with E-state index in [1.165, 1.54) is 5.56 Å². The van der Waals surface area contributed by atoms with Crippen molar-refractivity contribution in [2.75, 3.05) is 26.2 Å². The molecule has 0 atom stereocenters. The lowest BCUT2D eigenvalue weighted by Crippen LogP contribution is -2.21. The number of halogens is 2. The number of hydrogen-bond acceptors (Lipinski definition) is 3. The molecule has 2 rings (SSSR count). The van der Waals surface area contributed by atoms with Crippen LogP contribution in [0.4, 0.5) is 4.79 Å². The van der Waals surface area contributed by atoms with Crippen LogP contribution in [0.1, 0.15) is 12.0 Å². The number of carbonyl (C=O) groups is 1. The van der Waals surface area contributed by atoms with Crippen LogP contribution >= 0.6 is 38.5 Å². The Kier molecular flexibility index (Phi) is 6.82. The maximum absolute atomic E-state index is 10.8. The molecule has 114 valence electrons. The molecule has 0 aliphatic carbocycles. The van der Waals surface area contributed by atoms with Gasteiger partial charge in [-0.05, 0) is 52.7 Å². The highest BCUT2D eigenvalue weighted by Gasteiger charge is 2.06. The summed E-state index contributed by atoms with van der Waals surface area (Å²) in [6.07, 6.45) is 6.25. The molecule has 0 radical (unpaired) electrons. The van der Waals surface area contributed by atoms with Crippen LogP contribution in [-0.4, -0.2) is 35.1 Å². The zero-order valence-electron chi connectivity index (χ0n) is 11.6. The van der Waals surface area contributed by atoms with Crippen molar-refractivity contribution >= 4 is 42.4 Å². The fourth-order valence-electron chi connectivity index (χ4n) is 2.12. The van der Waals surface area contributed by atoms with Crippen molar-refractivity contribution in [1.29, 1.82) is 0 Å². The van der Waals surface area contributed by atoms with E-state index in [4.69, 9.17) is 4.74 Å². The Hall–Kier alpha value is -0.760. The number of nitrogens with one attached hydrogen (secondary N) is 1. The van der Waals surface area contributed by atoms with Crippen molar-refractivity contribution in [3.05, 3.63) is 40.5 Å². The van der Waals surface area contributed by atoms with E-state index in [1.54, 1.807) is 22.6 Å². The third-order valence-corrected chi connectivity index (χ3v) is 4.21. The summed E-state index contributed by atoms with van der Waals surface area (Å²) in [5.74, 6) is 0.861. The van der Waals surface area contributed by atoms with Gasteiger partial charge in [-0.25, -0.2) is 0 Å². The Morgan fingerprint density at radius 2 is 2.33 bits per heavy atom. The lowest BCUT2D eigenvalue weighted by Gasteiger charge is -2.16. The Labute approximate surface area is 147 Å². The van der Waals surface area contributed by atoms with Crippen molar-refractivity contribution in [1.82, 2.24) is 10.2 Å². The monoisotopic (exact) mass is 464 g/mol. The van der Waals surface area contributed by atoms with Crippen LogP contribution in [0.2, 0.25) is 0 Å². The first-order valence-electron chi connectivity index (χ1n) is 6.90. The second-order valence-electron chi connectivity index (χ2n) is 4.77. The summed E-state index contributed by atoms with van der Waals surface area (Å²) >= 11 is 5.28. The molecule has 0 unspecified atom stereocenters. The molecule has 1 aromatic carbocycles. The third-order valence-electron chi connectivity index (χ3n) is 3.21. The van der Waals surface area contributed by atoms with Crippen molar-refractivity contribution in [3.8, 4) is 5.75 Å². The standard InChI is InChI=1S/C15H18BrIN2O2/c16-13-11-12(5-6-18-15(17)20)3-4-14(13)21-10-9-19-7-1-2-8-19/h1,3-4,7,11H,2,5-6,8-10H2,(H,18,20). The van der Waals surface area contributed by atoms with Gasteiger partial charge in [-0.3, -0.25) is 4.79 Å². The predicted molar refractivity (Wildman–Crippen MR) is 96.1 cm³/mol. The molecule has 21 heavy (non-hydrogen) atoms. The fourth-order valence-corrected chi connectivity index (χ4v) is 2.93. The largest absolute Gasteiger partial charge is 0.491 e. The van der Waals surface area contributed by atoms with E-state index in [1.807, 2.05) is 18.2 Å². The summed E-state index contributed by atoms with van der Waals surface area (Å²) in [5, 5.41) is 2.78. The summed E-state index contributed by atoms with van der Waals surface area (Å²) in [6.45, 7) is 3.32. The van der Waals surface area contributed by atoms with E-state index >= 15 is 0 Å². The van der Waals surface area contributed by atoms with Crippen molar-refractivity contribution < 1.29 is 9.53 Å². The van der Waals surface area contributed by atoms with Crippen LogP contribution in [-0.2, 0) is 6.42 Å². The van der Waals surface area contributed by atoms with Gasteiger partial charge in [-0.15, -0.1) is 0 Å². The number of benzene rings is 1. The molecule has 1 N–H and O–H groups in total. The maximum atomic E-state index is 10.8. The molecule has 0 bridgehead atoms. The number of rotatable bonds is 7. The molecule has 0 saturated heterocycles. The molecule has 1 aliphatic rings. The number of amides is 1. The molecule has 1 aliphatic heterocycles. The van der Waals surface area contributed by atoms with Gasteiger partial charge < -0.3 is 15.0 Å². The predicted octanol–water partition coefficient (Wildman–Crippen LogP) is 3.73. The molecule has 1 aromatic rings. The van der Waals surface area contributed by atoms with Crippen LogP contribution in [0.5, 0.6) is 5.75 Å². The SMILES string of the molecule is O=C(I)NCCc1ccc(OCCN2C=CCC2)c(Br)c1. The summed E-state index contributed by atoms with van der Waals surface area (Å²) in [7, 11) is 0. The molecular formula is C15H18BrIN2O2. The lowest BCUT2D eigenvalue weighted by molar-refractivity contribution is 0.261. The second kappa shape index (κ2) is 8.63. The Bertz CT molecular complexity index is 522. The highest BCUT2D eigenvalue weighted by atomic mass is 127. The third kappa shape index (κ3) is 5.86. The average Bonchev–Trinajstić information content (AvgIpc) is 2.94. The van der Waals surface area contributed by atoms with Crippen molar-refractivity contribution in [2.45, 2.75) is 12.8 Å². The van der Waals surface area contributed by atoms with Gasteiger partial charge in [0.15, 0.2) is 0 Å². The smallest absolute Gasteiger partial charge is 0.280 e. The first-order valence-corrected chi connectivity index (χ1v) is 8.77. The van der Waals surface area contributed by atoms with Gasteiger partial charge in [0.2, 0.25) is 0 Å². The molecule has 6 heteroatoms. The summed E-state index contributed by atoms with van der Waals surface area (Å²) in [5.41, 5.74) is 1.17. The molecule has 0 saturated carbocycles. The van der Waals surface area contributed by atoms with Gasteiger partial charge in [0.25, 0.3) is 3.91 Å². The Morgan fingerprint density at radius 1 is 1.48 bits per heavy atom. The zero-order valence-corrected chi connectivity index (χ0v) is 15.4. The van der Waals surface area contributed by atoms with Gasteiger partial charge in [-0.1, -0.05) is 12.1 Å². The van der Waals surface area contributed by atoms with E-state index in [0.717, 1.165) is 36.2 Å². The van der Waals surface area contributed by atoms with Gasteiger partial charge in [-0.2, -0.15) is 0 Å². The van der Waals surface area contributed by atoms with E-state index in [0.29, 0.717) is 13.2 Å². The fraction of sp³-hybridized carbons (Fsp3) is 0.400. The normalized spacial score (nSPS) is 13.5. The minimum absolute atomic E-state index is 0.0254. The first kappa shape index (κ1) is 16.6. The molecule has 0 spiro atoms. The first-order chi connectivity index (χ1) is 10.1. The highest BCUT2D eigenvalue weighted by Crippen LogP contribution is 2.26. The van der Waals surface area contributed by atoms with Gasteiger partial charge in [0, 0.05) is 35.7 Å². The molecule has 4 nitrogen and oxygen atoms in total. The Morgan fingerprint density at radius 3 is 3.00 bits per heavy atom. The molecule has 1 heterocycles. The number of carbonyl (C=O) groups excluding carboxylic acids is 1. The second-order valence-corrected chi connectivity index (χ2v) is 6.61. The lowest BCUT2D eigenvalue weighted by atomic mass is 10.1. The zero-order chi connectivity index (χ0) is 15.1. The van der Waals surface area contributed by atoms with Crippen molar-refractivity contribution in [3.63, 3.8) is 0 Å². The summed E-state index contributed by atoms with van der Waals surface area (Å²) in [4.78, 5) is 13.1. The van der Waals surface area contributed by atoms with E-state index in [2.05, 4.69) is 38.4 Å². The van der Waals surface area contributed by atoms with Crippen LogP contribution in [0.15, 0.2) is 34.9 Å². The maximum Gasteiger partial charge on any atom is 0.280 e. The number of ether oxygens (including phenoxy) is 1. The van der Waals surface area contributed by atoms with Gasteiger partial charge in [0.05, 0.1) is 11.0 Å². The van der Waals surface area contributed by atoms with E-state index in [9.17, 15) is 4.79 Å². The van der Waals surface area contributed by atoms with E-state index in [-0.39, 0.29) is 3.91 Å². The highest BCUT2D eigenvalue weighted by molar-refractivity contribution is 14.1. The van der Waals surface area contributed by atoms with Gasteiger partial charge >= 0.3 is 0 Å². The Balaban J connectivity index is 1.78. The molecule has 0 aromatic heterocycles. The number of hydrogen-bond donors (Lipinski definition) is 1. The number of nitrogens with zero attached hydrogens (tertiary/aromatic N) is 1. The van der Waals surface area contributed by atoms with Crippen LogP contribution in [0.25, 0.3) is 0 Å². The van der Waals surface area contributed by atoms with Crippen LogP contribution in [0.3, 0.4) is 0 Å². The van der Waals surface area contributed by atoms with Crippen LogP contribution in [0, 0.1) is 0 Å². The topological polar surface area (TPSA) is 41.6 Å². The minimum atomic E-state index is -0.0254. The minimum Gasteiger partial charge on any atom is -0.491 e. The summed E-state index contributed by atoms with van der Waals surface area (Å²) in [6, 6.07) is 6.06. The molecule has 1 amide bonds. The van der Waals surface area contributed by atoms with Gasteiger partial charge in [0.1, 0.15) is 12.4 Å². The molecule has 0 fully saturated rings. The van der Waals surface area contributed by atoms with E-state index < -0.39 is 0 Å². The van der Waals surface area contributed by atoms with Crippen molar-refractivity contribution in [2.24, 2.45) is 0 Å². The summed E-state index contributed by atoms with van der Waals surface area (Å²) < 4.78 is 6.73. The average molecular weight is 465 g/mol. The van der Waals surface area contributed by atoms with Crippen LogP contribution < -0.4 is 10.1 Å². The molecular weight excluding hydrogens is 447 g/mol. The quantitative estimate of drug-likeness (QED) is 0.379.